The molecular weight excluding hydrogens is 729 g/mol. The number of hydrogen-bond acceptors (Lipinski definition) is 15. The molecular formula is C26H33FN8O14P2. The highest BCUT2D eigenvalue weighted by Gasteiger charge is 2.45. The van der Waals surface area contributed by atoms with E-state index in [0.717, 1.165) is 17.2 Å². The first kappa shape index (κ1) is 37.0. The third kappa shape index (κ3) is 8.17. The number of nitrogens with one attached hydrogen (secondary N) is 1. The summed E-state index contributed by atoms with van der Waals surface area (Å²) in [5.74, 6) is -0.553. The van der Waals surface area contributed by atoms with Crippen molar-refractivity contribution in [2.45, 2.75) is 77.3 Å². The van der Waals surface area contributed by atoms with Crippen LogP contribution in [0.25, 0.3) is 22.3 Å². The number of rotatable bonds is 12. The Balaban J connectivity index is 1.13. The van der Waals surface area contributed by atoms with E-state index >= 15 is 0 Å². The first-order valence-electron chi connectivity index (χ1n) is 15.2. The Morgan fingerprint density at radius 3 is 2.25 bits per heavy atom. The number of H-pyrrole nitrogens is 1. The smallest absolute Gasteiger partial charge is 0.443 e. The van der Waals surface area contributed by atoms with E-state index < -0.39 is 95.0 Å². The number of alkyl halides is 1. The molecule has 4 aromatic heterocycles. The molecule has 2 aliphatic rings. The van der Waals surface area contributed by atoms with Crippen molar-refractivity contribution < 1.29 is 60.8 Å². The highest BCUT2D eigenvalue weighted by Crippen LogP contribution is 2.50. The van der Waals surface area contributed by atoms with Gasteiger partial charge in [0.15, 0.2) is 29.1 Å². The molecule has 0 amide bonds. The number of fused-ring (bicyclic) bond motifs is 2. The molecule has 2 saturated heterocycles. The molecule has 0 spiro atoms. The number of carbonyl (C=O) groups excluding carboxylic acids is 1. The van der Waals surface area contributed by atoms with Gasteiger partial charge in [-0.05, 0) is 20.8 Å². The van der Waals surface area contributed by atoms with Crippen LogP contribution in [0, 0.1) is 5.41 Å². The lowest BCUT2D eigenvalue weighted by Gasteiger charge is -2.22. The Kier molecular flexibility index (Phi) is 10.2. The first-order valence-corrected chi connectivity index (χ1v) is 18.2. The zero-order chi connectivity index (χ0) is 36.9. The van der Waals surface area contributed by atoms with Crippen LogP contribution in [0.1, 0.15) is 46.1 Å². The van der Waals surface area contributed by atoms with Gasteiger partial charge in [-0.2, -0.15) is 0 Å². The fourth-order valence-electron chi connectivity index (χ4n) is 5.35. The molecule has 4 N–H and O–H groups in total. The van der Waals surface area contributed by atoms with Crippen molar-refractivity contribution in [1.82, 2.24) is 38.6 Å². The van der Waals surface area contributed by atoms with E-state index in [1.54, 1.807) is 20.8 Å². The van der Waals surface area contributed by atoms with Crippen LogP contribution in [0.15, 0.2) is 34.9 Å². The number of aromatic nitrogens is 8. The summed E-state index contributed by atoms with van der Waals surface area (Å²) in [5.41, 5.74) is -1.96. The second-order valence-corrected chi connectivity index (χ2v) is 15.3. The minimum atomic E-state index is -5.03. The molecule has 6 heterocycles. The Labute approximate surface area is 285 Å². The largest absolute Gasteiger partial charge is 0.472 e. The van der Waals surface area contributed by atoms with Crippen LogP contribution in [-0.2, 0) is 48.4 Å². The van der Waals surface area contributed by atoms with Crippen molar-refractivity contribution in [3.63, 3.8) is 0 Å². The fourth-order valence-corrected chi connectivity index (χ4v) is 6.65. The summed E-state index contributed by atoms with van der Waals surface area (Å²) in [7, 11) is -10.1. The van der Waals surface area contributed by atoms with Crippen LogP contribution < -0.4 is 11.1 Å². The molecule has 2 aliphatic heterocycles. The number of aromatic amines is 1. The summed E-state index contributed by atoms with van der Waals surface area (Å²) >= 11 is 0. The van der Waals surface area contributed by atoms with Crippen molar-refractivity contribution in [3.05, 3.63) is 46.0 Å². The molecule has 0 aliphatic carbocycles. The summed E-state index contributed by atoms with van der Waals surface area (Å²) in [6, 6.07) is 0. The molecule has 4 aromatic rings. The predicted octanol–water partition coefficient (Wildman–Crippen LogP) is 0.798. The molecule has 0 bridgehead atoms. The Hall–Kier alpha value is -3.76. The maximum Gasteiger partial charge on any atom is 0.472 e. The first-order chi connectivity index (χ1) is 23.9. The molecule has 51 heavy (non-hydrogen) atoms. The van der Waals surface area contributed by atoms with Gasteiger partial charge in [-0.15, -0.1) is 0 Å². The molecule has 7 atom stereocenters. The maximum absolute atomic E-state index is 15.0. The van der Waals surface area contributed by atoms with Crippen LogP contribution in [0.3, 0.4) is 0 Å². The van der Waals surface area contributed by atoms with E-state index in [4.69, 9.17) is 23.3 Å². The third-order valence-corrected chi connectivity index (χ3v) is 9.40. The van der Waals surface area contributed by atoms with Gasteiger partial charge in [0.2, 0.25) is 0 Å². The monoisotopic (exact) mass is 762 g/mol. The number of imidazole rings is 2. The van der Waals surface area contributed by atoms with Gasteiger partial charge < -0.3 is 33.9 Å². The third-order valence-electron chi connectivity index (χ3n) is 7.90. The summed E-state index contributed by atoms with van der Waals surface area (Å²) in [5, 5.41) is 0. The van der Waals surface area contributed by atoms with Crippen molar-refractivity contribution in [1.29, 1.82) is 0 Å². The van der Waals surface area contributed by atoms with Crippen molar-refractivity contribution in [3.8, 4) is 0 Å². The lowest BCUT2D eigenvalue weighted by Crippen LogP contribution is -2.29. The number of halogens is 1. The number of nitrogens with zero attached hydrogens (tertiary/aromatic N) is 7. The van der Waals surface area contributed by atoms with Crippen LogP contribution in [0.5, 0.6) is 0 Å². The molecule has 25 heteroatoms. The van der Waals surface area contributed by atoms with E-state index in [2.05, 4.69) is 29.4 Å². The molecule has 0 saturated carbocycles. The van der Waals surface area contributed by atoms with Gasteiger partial charge in [-0.1, -0.05) is 0 Å². The van der Waals surface area contributed by atoms with Crippen molar-refractivity contribution in [2.24, 2.45) is 5.41 Å². The number of phosphoric acid groups is 2. The predicted molar refractivity (Wildman–Crippen MR) is 166 cm³/mol. The van der Waals surface area contributed by atoms with E-state index in [-0.39, 0.29) is 35.2 Å². The summed E-state index contributed by atoms with van der Waals surface area (Å²) in [6.07, 6.45) is -3.61. The molecule has 2 fully saturated rings. The molecule has 6 rings (SSSR count). The zero-order valence-corrected chi connectivity index (χ0v) is 28.8. The van der Waals surface area contributed by atoms with E-state index in [1.807, 2.05) is 0 Å². The molecule has 278 valence electrons. The molecule has 0 aromatic carbocycles. The van der Waals surface area contributed by atoms with Gasteiger partial charge >= 0.3 is 21.6 Å². The van der Waals surface area contributed by atoms with Crippen LogP contribution >= 0.6 is 15.6 Å². The van der Waals surface area contributed by atoms with Crippen LogP contribution in [0.4, 0.5) is 4.39 Å². The Bertz CT molecular complexity index is 2140. The highest BCUT2D eigenvalue weighted by molar-refractivity contribution is 7.47. The Morgan fingerprint density at radius 1 is 0.941 bits per heavy atom. The van der Waals surface area contributed by atoms with Crippen molar-refractivity contribution >= 4 is 43.9 Å². The molecule has 6 unspecified atom stereocenters. The second-order valence-electron chi connectivity index (χ2n) is 12.7. The lowest BCUT2D eigenvalue weighted by atomic mass is 9.98. The number of phosphoric ester groups is 2. The minimum absolute atomic E-state index is 0.00862. The zero-order valence-electron chi connectivity index (χ0n) is 27.0. The lowest BCUT2D eigenvalue weighted by molar-refractivity contribution is -0.157. The van der Waals surface area contributed by atoms with Crippen LogP contribution in [0.2, 0.25) is 0 Å². The van der Waals surface area contributed by atoms with Crippen molar-refractivity contribution in [2.75, 3.05) is 13.2 Å². The Morgan fingerprint density at radius 2 is 1.57 bits per heavy atom. The van der Waals surface area contributed by atoms with Gasteiger partial charge in [0.25, 0.3) is 11.1 Å². The average molecular weight is 763 g/mol. The number of esters is 1. The second kappa shape index (κ2) is 14.0. The number of hydrogen-bond donors (Lipinski definition) is 4. The highest BCUT2D eigenvalue weighted by atomic mass is 31.2. The standard InChI is InChI=1S/C26H33FN8O14P2/c1-26(2,3)25(38)44-12-33-9-32-22-20(24(33)37)31-11-35(22)18-5-14(16(48-18)7-45-50(39,40)41)49-51(42,43)46-6-15-13(27)4-17(47-15)34-10-30-19-21(34)28-8-29-23(19)36/h8-11,13-18H,4-7,12H2,1-3H3,(H,42,43)(H,28,29,36)(H2,39,40,41)/t13?,14-,15?,16?,17?,18?/m0/s1. The number of carbonyl (C=O) groups is 1. The van der Waals surface area contributed by atoms with E-state index in [1.165, 1.54) is 21.8 Å². The van der Waals surface area contributed by atoms with Gasteiger partial charge in [0, 0.05) is 12.8 Å². The summed E-state index contributed by atoms with van der Waals surface area (Å²) in [6.45, 7) is 2.96. The van der Waals surface area contributed by atoms with Gasteiger partial charge in [-0.3, -0.25) is 41.7 Å². The SMILES string of the molecule is CC(C)(C)C(=O)OCn1cnc2c(ncn2C2C[C@H](OP(=O)(O)OCC3OC(n4cnc5c(=O)[nH]cnc54)CC3F)C(COP(=O)(O)O)O2)c1=O. The fraction of sp³-hybridized carbons (Fsp3) is 0.577. The molecule has 22 nitrogen and oxygen atoms in total. The topological polar surface area (TPSA) is 284 Å². The molecule has 0 radical (unpaired) electrons. The van der Waals surface area contributed by atoms with Gasteiger partial charge in [-0.25, -0.2) is 33.5 Å². The van der Waals surface area contributed by atoms with Crippen LogP contribution in [-0.4, -0.2) is 97.0 Å². The maximum atomic E-state index is 15.0. The summed E-state index contributed by atoms with van der Waals surface area (Å²) in [4.78, 5) is 84.9. The van der Waals surface area contributed by atoms with Gasteiger partial charge in [0.1, 0.15) is 43.3 Å². The van der Waals surface area contributed by atoms with E-state index in [9.17, 15) is 42.6 Å². The van der Waals surface area contributed by atoms with E-state index in [0.29, 0.717) is 0 Å². The normalized spacial score (nSPS) is 25.5. The number of ether oxygens (including phenoxy) is 3. The quantitative estimate of drug-likeness (QED) is 0.115. The average Bonchev–Trinajstić information content (AvgIpc) is 3.83. The summed E-state index contributed by atoms with van der Waals surface area (Å²) < 4.78 is 74.8. The van der Waals surface area contributed by atoms with Gasteiger partial charge in [0.05, 0.1) is 37.6 Å². The minimum Gasteiger partial charge on any atom is -0.443 e.